The Morgan fingerprint density at radius 3 is 2.57 bits per heavy atom. The Bertz CT molecular complexity index is 1030. The van der Waals surface area contributed by atoms with Crippen molar-refractivity contribution < 1.29 is 14.3 Å². The van der Waals surface area contributed by atoms with Crippen molar-refractivity contribution in [3.05, 3.63) is 39.6 Å². The first-order chi connectivity index (χ1) is 13.9. The molecule has 2 aromatic heterocycles. The Morgan fingerprint density at radius 1 is 1.27 bits per heavy atom. The number of likely N-dealkylation sites (tertiary alicyclic amines) is 1. The van der Waals surface area contributed by atoms with Gasteiger partial charge >= 0.3 is 6.09 Å². The van der Waals surface area contributed by atoms with Gasteiger partial charge in [0.2, 0.25) is 5.88 Å². The molecule has 2 atom stereocenters. The highest BCUT2D eigenvalue weighted by Gasteiger charge is 2.43. The van der Waals surface area contributed by atoms with E-state index in [1.54, 1.807) is 37.2 Å². The third kappa shape index (κ3) is 4.37. The van der Waals surface area contributed by atoms with Crippen LogP contribution in [0.15, 0.2) is 23.6 Å². The van der Waals surface area contributed by atoms with Crippen LogP contribution in [0.4, 0.5) is 4.79 Å². The van der Waals surface area contributed by atoms with Crippen molar-refractivity contribution in [1.29, 1.82) is 0 Å². The van der Waals surface area contributed by atoms with Crippen LogP contribution >= 0.6 is 11.6 Å². The van der Waals surface area contributed by atoms with Crippen LogP contribution in [0.5, 0.6) is 5.88 Å². The van der Waals surface area contributed by atoms with Crippen molar-refractivity contribution in [2.24, 2.45) is 5.11 Å². The van der Waals surface area contributed by atoms with Gasteiger partial charge in [-0.2, -0.15) is 0 Å². The van der Waals surface area contributed by atoms with Crippen molar-refractivity contribution in [1.82, 2.24) is 14.9 Å². The molecule has 0 aromatic carbocycles. The number of carbonyl (C=O) groups is 1. The molecule has 0 N–H and O–H groups in total. The molecule has 160 valence electrons. The van der Waals surface area contributed by atoms with Gasteiger partial charge in [0.1, 0.15) is 16.9 Å². The van der Waals surface area contributed by atoms with Crippen LogP contribution in [0.3, 0.4) is 0 Å². The number of ether oxygens (including phenoxy) is 2. The number of halogens is 1. The number of hydrogen-bond donors (Lipinski definition) is 0. The molecule has 3 rings (SSSR count). The summed E-state index contributed by atoms with van der Waals surface area (Å²) in [5, 5.41) is 5.58. The zero-order valence-corrected chi connectivity index (χ0v) is 18.6. The summed E-state index contributed by atoms with van der Waals surface area (Å²) in [6, 6.07) is 1.53. The van der Waals surface area contributed by atoms with Crippen LogP contribution in [-0.2, 0) is 10.3 Å². The lowest BCUT2D eigenvalue weighted by molar-refractivity contribution is -0.0544. The molecule has 0 spiro atoms. The summed E-state index contributed by atoms with van der Waals surface area (Å²) in [6.45, 7) is 11.4. The molecule has 10 heteroatoms. The lowest BCUT2D eigenvalue weighted by atomic mass is 9.93. The van der Waals surface area contributed by atoms with Crippen LogP contribution in [-0.4, -0.2) is 45.3 Å². The lowest BCUT2D eigenvalue weighted by Gasteiger charge is -2.45. The van der Waals surface area contributed by atoms with E-state index in [9.17, 15) is 4.79 Å². The Hall–Kier alpha value is -2.77. The van der Waals surface area contributed by atoms with E-state index in [1.807, 2.05) is 27.7 Å². The highest BCUT2D eigenvalue weighted by molar-refractivity contribution is 6.30. The van der Waals surface area contributed by atoms with E-state index in [0.717, 1.165) is 5.39 Å². The van der Waals surface area contributed by atoms with Gasteiger partial charge in [-0.05, 0) is 50.2 Å². The minimum absolute atomic E-state index is 0.170. The first-order valence-electron chi connectivity index (χ1n) is 9.60. The van der Waals surface area contributed by atoms with Crippen LogP contribution in [0.25, 0.3) is 21.2 Å². The lowest BCUT2D eigenvalue weighted by Crippen LogP contribution is -2.63. The first kappa shape index (κ1) is 21.9. The molecule has 1 fully saturated rings. The molecule has 1 aliphatic heterocycles. The number of azide groups is 1. The van der Waals surface area contributed by atoms with Crippen molar-refractivity contribution >= 4 is 28.5 Å². The van der Waals surface area contributed by atoms with E-state index in [4.69, 9.17) is 26.6 Å². The number of aromatic nitrogens is 2. The highest BCUT2D eigenvalue weighted by atomic mass is 35.5. The van der Waals surface area contributed by atoms with E-state index in [2.05, 4.69) is 20.0 Å². The molecule has 0 radical (unpaired) electrons. The normalized spacial score (nSPS) is 19.1. The molecule has 2 aromatic rings. The number of hydrogen-bond acceptors (Lipinski definition) is 6. The summed E-state index contributed by atoms with van der Waals surface area (Å²) in [5.41, 5.74) is 8.23. The minimum atomic E-state index is -0.833. The van der Waals surface area contributed by atoms with Crippen LogP contribution in [0.1, 0.15) is 47.1 Å². The summed E-state index contributed by atoms with van der Waals surface area (Å²) in [6.07, 6.45) is 2.61. The molecule has 0 aliphatic carbocycles. The third-order valence-corrected chi connectivity index (χ3v) is 5.16. The number of rotatable bonds is 4. The summed E-state index contributed by atoms with van der Waals surface area (Å²) < 4.78 is 11.5. The summed E-state index contributed by atoms with van der Waals surface area (Å²) in [7, 11) is 0. The van der Waals surface area contributed by atoms with Gasteiger partial charge in [0.15, 0.2) is 0 Å². The van der Waals surface area contributed by atoms with Crippen molar-refractivity contribution in [2.75, 3.05) is 6.54 Å². The number of carbonyl (C=O) groups excluding carboxylic acids is 1. The maximum Gasteiger partial charge on any atom is 0.410 e. The topological polar surface area (TPSA) is 113 Å². The average molecular weight is 433 g/mol. The fourth-order valence-electron chi connectivity index (χ4n) is 3.25. The first-order valence-corrected chi connectivity index (χ1v) is 9.98. The number of fused-ring (bicyclic) bond motifs is 1. The van der Waals surface area contributed by atoms with Crippen LogP contribution in [0, 0.1) is 0 Å². The van der Waals surface area contributed by atoms with E-state index in [-0.39, 0.29) is 18.2 Å². The molecule has 0 saturated carbocycles. The zero-order valence-electron chi connectivity index (χ0n) is 17.9. The Balaban J connectivity index is 1.87. The summed E-state index contributed by atoms with van der Waals surface area (Å²) in [5.74, 6) is 0.385. The summed E-state index contributed by atoms with van der Waals surface area (Å²) in [4.78, 5) is 25.4. The van der Waals surface area contributed by atoms with E-state index in [1.165, 1.54) is 0 Å². The Labute approximate surface area is 180 Å². The van der Waals surface area contributed by atoms with Gasteiger partial charge in [0, 0.05) is 17.3 Å². The van der Waals surface area contributed by atoms with Crippen LogP contribution in [0.2, 0.25) is 5.15 Å². The summed E-state index contributed by atoms with van der Waals surface area (Å²) >= 11 is 6.11. The standard InChI is InChI=1S/C20H25ClN6O3/c1-11-15(10-27(11)18(28)30-19(2,3)4)29-17-13-8-23-16(21)7-12(13)14(9-24-17)20(5,6)25-26-22/h7-9,11,15H,10H2,1-6H3/t11-,15+/m0/s1. The number of amides is 1. The van der Waals surface area contributed by atoms with E-state index in [0.29, 0.717) is 28.5 Å². The molecule has 3 heterocycles. The average Bonchev–Trinajstić information content (AvgIpc) is 2.62. The molecule has 1 saturated heterocycles. The molecular formula is C20H25ClN6O3. The molecule has 9 nitrogen and oxygen atoms in total. The van der Waals surface area contributed by atoms with Gasteiger partial charge in [-0.15, -0.1) is 0 Å². The second-order valence-corrected chi connectivity index (χ2v) is 9.19. The molecule has 30 heavy (non-hydrogen) atoms. The monoisotopic (exact) mass is 432 g/mol. The van der Waals surface area contributed by atoms with Gasteiger partial charge in [-0.3, -0.25) is 4.90 Å². The quantitative estimate of drug-likeness (QED) is 0.284. The number of pyridine rings is 2. The number of nitrogens with zero attached hydrogens (tertiary/aromatic N) is 6. The van der Waals surface area contributed by atoms with Gasteiger partial charge in [0.25, 0.3) is 0 Å². The Kier molecular flexibility index (Phi) is 5.71. The molecule has 0 bridgehead atoms. The maximum absolute atomic E-state index is 12.3. The van der Waals surface area contributed by atoms with Gasteiger partial charge in [-0.25, -0.2) is 14.8 Å². The molecule has 0 unspecified atom stereocenters. The molecular weight excluding hydrogens is 408 g/mol. The predicted molar refractivity (Wildman–Crippen MR) is 114 cm³/mol. The Morgan fingerprint density at radius 2 is 1.97 bits per heavy atom. The molecule has 1 aliphatic rings. The smallest absolute Gasteiger partial charge is 0.410 e. The van der Waals surface area contributed by atoms with Crippen molar-refractivity contribution in [2.45, 2.75) is 64.8 Å². The second kappa shape index (κ2) is 7.81. The highest BCUT2D eigenvalue weighted by Crippen LogP contribution is 2.36. The third-order valence-electron chi connectivity index (χ3n) is 4.95. The van der Waals surface area contributed by atoms with Crippen LogP contribution < -0.4 is 4.74 Å². The minimum Gasteiger partial charge on any atom is -0.470 e. The fourth-order valence-corrected chi connectivity index (χ4v) is 3.41. The zero-order chi connectivity index (χ0) is 22.3. The van der Waals surface area contributed by atoms with E-state index >= 15 is 0 Å². The van der Waals surface area contributed by atoms with Gasteiger partial charge in [0.05, 0.1) is 23.5 Å². The van der Waals surface area contributed by atoms with Crippen molar-refractivity contribution in [3.63, 3.8) is 0 Å². The predicted octanol–water partition coefficient (Wildman–Crippen LogP) is 5.22. The second-order valence-electron chi connectivity index (χ2n) is 8.81. The fraction of sp³-hybridized carbons (Fsp3) is 0.550. The maximum atomic E-state index is 12.3. The van der Waals surface area contributed by atoms with E-state index < -0.39 is 11.1 Å². The SMILES string of the molecule is C[C@H]1[C@H](Oc2ncc(C(C)(C)N=[N+]=[N-])c3cc(Cl)ncc23)CN1C(=O)OC(C)(C)C. The largest absolute Gasteiger partial charge is 0.470 e. The van der Waals surface area contributed by atoms with Gasteiger partial charge < -0.3 is 9.47 Å². The van der Waals surface area contributed by atoms with Gasteiger partial charge in [-0.1, -0.05) is 30.6 Å². The molecule has 1 amide bonds. The van der Waals surface area contributed by atoms with Crippen molar-refractivity contribution in [3.8, 4) is 5.88 Å².